The number of nitrogens with zero attached hydrogens (tertiary/aromatic N) is 3. The molecule has 1 aromatic carbocycles. The van der Waals surface area contributed by atoms with Crippen LogP contribution in [0.5, 0.6) is 0 Å². The Morgan fingerprint density at radius 1 is 1.25 bits per heavy atom. The topological polar surface area (TPSA) is 103 Å². The van der Waals surface area contributed by atoms with Crippen LogP contribution in [0.15, 0.2) is 48.8 Å². The molecule has 0 unspecified atom stereocenters. The van der Waals surface area contributed by atoms with Crippen LogP contribution in [-0.4, -0.2) is 34.9 Å². The fraction of sp³-hybridized carbons (Fsp3) is 0.188. The molecule has 0 aliphatic rings. The summed E-state index contributed by atoms with van der Waals surface area (Å²) in [6.07, 6.45) is 2.91. The lowest BCUT2D eigenvalue weighted by molar-refractivity contribution is -0.384. The van der Waals surface area contributed by atoms with E-state index in [4.69, 9.17) is 4.74 Å². The van der Waals surface area contributed by atoms with Gasteiger partial charge in [0, 0.05) is 30.2 Å². The quantitative estimate of drug-likeness (QED) is 0.457. The minimum Gasteiger partial charge on any atom is -0.465 e. The number of pyridine rings is 1. The summed E-state index contributed by atoms with van der Waals surface area (Å²) in [5.74, 6) is -1.03. The van der Waals surface area contributed by atoms with Crippen LogP contribution >= 0.6 is 0 Å². The molecule has 0 bridgehead atoms. The largest absolute Gasteiger partial charge is 0.465 e. The molecule has 24 heavy (non-hydrogen) atoms. The average Bonchev–Trinajstić information content (AvgIpc) is 2.60. The number of amides is 1. The van der Waals surface area contributed by atoms with Gasteiger partial charge in [0.1, 0.15) is 6.54 Å². The van der Waals surface area contributed by atoms with E-state index >= 15 is 0 Å². The van der Waals surface area contributed by atoms with Crippen LogP contribution < -0.4 is 4.90 Å². The highest BCUT2D eigenvalue weighted by Crippen LogP contribution is 2.21. The third-order valence-corrected chi connectivity index (χ3v) is 3.12. The maximum atomic E-state index is 12.6. The van der Waals surface area contributed by atoms with Gasteiger partial charge in [0.2, 0.25) is 0 Å². The lowest BCUT2D eigenvalue weighted by Gasteiger charge is -2.21. The number of nitro groups is 1. The maximum Gasteiger partial charge on any atom is 0.326 e. The van der Waals surface area contributed by atoms with Crippen molar-refractivity contribution in [2.45, 2.75) is 6.92 Å². The molecule has 0 saturated heterocycles. The zero-order chi connectivity index (χ0) is 17.5. The number of esters is 1. The van der Waals surface area contributed by atoms with Gasteiger partial charge in [-0.2, -0.15) is 0 Å². The second-order valence-corrected chi connectivity index (χ2v) is 4.71. The summed E-state index contributed by atoms with van der Waals surface area (Å²) in [4.78, 5) is 39.7. The first-order valence-corrected chi connectivity index (χ1v) is 7.15. The number of ether oxygens (including phenoxy) is 1. The first-order chi connectivity index (χ1) is 11.5. The number of carbonyl (C=O) groups is 2. The molecule has 0 fully saturated rings. The second-order valence-electron chi connectivity index (χ2n) is 4.71. The van der Waals surface area contributed by atoms with Crippen molar-refractivity contribution in [2.24, 2.45) is 0 Å². The number of anilines is 1. The van der Waals surface area contributed by atoms with Crippen molar-refractivity contribution in [2.75, 3.05) is 18.1 Å². The predicted molar refractivity (Wildman–Crippen MR) is 85.6 cm³/mol. The molecular weight excluding hydrogens is 314 g/mol. The van der Waals surface area contributed by atoms with Gasteiger partial charge in [-0.25, -0.2) is 0 Å². The van der Waals surface area contributed by atoms with Gasteiger partial charge in [-0.05, 0) is 31.2 Å². The van der Waals surface area contributed by atoms with E-state index in [0.29, 0.717) is 11.3 Å². The highest BCUT2D eigenvalue weighted by atomic mass is 16.6. The van der Waals surface area contributed by atoms with Gasteiger partial charge in [0.05, 0.1) is 17.1 Å². The molecule has 0 N–H and O–H groups in total. The van der Waals surface area contributed by atoms with Crippen LogP contribution in [0.2, 0.25) is 0 Å². The predicted octanol–water partition coefficient (Wildman–Crippen LogP) is 2.20. The lowest BCUT2D eigenvalue weighted by atomic mass is 10.2. The summed E-state index contributed by atoms with van der Waals surface area (Å²) in [6, 6.07) is 8.52. The molecule has 0 radical (unpaired) electrons. The van der Waals surface area contributed by atoms with Crippen molar-refractivity contribution < 1.29 is 19.2 Å². The van der Waals surface area contributed by atoms with Crippen molar-refractivity contribution in [1.29, 1.82) is 0 Å². The summed E-state index contributed by atoms with van der Waals surface area (Å²) in [5.41, 5.74) is 0.534. The summed E-state index contributed by atoms with van der Waals surface area (Å²) in [7, 11) is 0. The van der Waals surface area contributed by atoms with E-state index in [-0.39, 0.29) is 18.8 Å². The van der Waals surface area contributed by atoms with E-state index in [0.717, 1.165) is 0 Å². The molecule has 1 aromatic heterocycles. The number of benzene rings is 1. The molecule has 0 saturated carbocycles. The summed E-state index contributed by atoms with van der Waals surface area (Å²) >= 11 is 0. The highest BCUT2D eigenvalue weighted by molar-refractivity contribution is 6.08. The van der Waals surface area contributed by atoms with E-state index in [2.05, 4.69) is 4.98 Å². The third kappa shape index (κ3) is 4.13. The standard InChI is InChI=1S/C16H15N3O5/c1-2-24-15(20)11-18(16(21)12-4-3-9-17-10-12)13-5-7-14(8-6-13)19(22)23/h3-10H,2,11H2,1H3. The van der Waals surface area contributed by atoms with E-state index < -0.39 is 16.8 Å². The Labute approximate surface area is 137 Å². The Morgan fingerprint density at radius 3 is 2.50 bits per heavy atom. The maximum absolute atomic E-state index is 12.6. The Morgan fingerprint density at radius 2 is 1.96 bits per heavy atom. The van der Waals surface area contributed by atoms with E-state index in [1.807, 2.05) is 0 Å². The van der Waals surface area contributed by atoms with Gasteiger partial charge in [0.25, 0.3) is 11.6 Å². The Bertz CT molecular complexity index is 731. The van der Waals surface area contributed by atoms with Crippen molar-refractivity contribution in [3.05, 3.63) is 64.5 Å². The fourth-order valence-electron chi connectivity index (χ4n) is 2.02. The van der Waals surface area contributed by atoms with Crippen LogP contribution in [0.1, 0.15) is 17.3 Å². The molecule has 0 aliphatic carbocycles. The molecule has 124 valence electrons. The third-order valence-electron chi connectivity index (χ3n) is 3.12. The van der Waals surface area contributed by atoms with Crippen LogP contribution in [0.25, 0.3) is 0 Å². The fourth-order valence-corrected chi connectivity index (χ4v) is 2.02. The normalized spacial score (nSPS) is 10.0. The van der Waals surface area contributed by atoms with Crippen molar-refractivity contribution in [3.63, 3.8) is 0 Å². The number of carbonyl (C=O) groups excluding carboxylic acids is 2. The summed E-state index contributed by atoms with van der Waals surface area (Å²) in [5, 5.41) is 10.7. The van der Waals surface area contributed by atoms with Crippen LogP contribution in [0.4, 0.5) is 11.4 Å². The SMILES string of the molecule is CCOC(=O)CN(C(=O)c1cccnc1)c1ccc([N+](=O)[O-])cc1. The Balaban J connectivity index is 2.33. The molecule has 2 rings (SSSR count). The van der Waals surface area contributed by atoms with Gasteiger partial charge in [0.15, 0.2) is 0 Å². The summed E-state index contributed by atoms with van der Waals surface area (Å²) < 4.78 is 4.89. The van der Waals surface area contributed by atoms with Crippen LogP contribution in [0, 0.1) is 10.1 Å². The molecule has 0 aliphatic heterocycles. The number of nitro benzene ring substituents is 1. The van der Waals surface area contributed by atoms with Crippen molar-refractivity contribution in [1.82, 2.24) is 4.98 Å². The van der Waals surface area contributed by atoms with Crippen molar-refractivity contribution >= 4 is 23.3 Å². The number of hydrogen-bond acceptors (Lipinski definition) is 6. The first-order valence-electron chi connectivity index (χ1n) is 7.15. The molecule has 2 aromatic rings. The van der Waals surface area contributed by atoms with E-state index in [1.54, 1.807) is 19.1 Å². The number of non-ortho nitro benzene ring substituents is 1. The summed E-state index contributed by atoms with van der Waals surface area (Å²) in [6.45, 7) is 1.55. The Hall–Kier alpha value is -3.29. The second kappa shape index (κ2) is 7.82. The van der Waals surface area contributed by atoms with Crippen LogP contribution in [0.3, 0.4) is 0 Å². The Kier molecular flexibility index (Phi) is 5.56. The lowest BCUT2D eigenvalue weighted by Crippen LogP contribution is -2.36. The first kappa shape index (κ1) is 17.1. The van der Waals surface area contributed by atoms with Gasteiger partial charge >= 0.3 is 5.97 Å². The zero-order valence-electron chi connectivity index (χ0n) is 12.9. The monoisotopic (exact) mass is 329 g/mol. The van der Waals surface area contributed by atoms with E-state index in [9.17, 15) is 19.7 Å². The molecule has 0 spiro atoms. The van der Waals surface area contributed by atoms with Gasteiger partial charge in [-0.3, -0.25) is 29.6 Å². The number of hydrogen-bond donors (Lipinski definition) is 0. The molecule has 1 amide bonds. The number of aromatic nitrogens is 1. The minimum atomic E-state index is -0.576. The van der Waals surface area contributed by atoms with Crippen molar-refractivity contribution in [3.8, 4) is 0 Å². The zero-order valence-corrected chi connectivity index (χ0v) is 12.9. The highest BCUT2D eigenvalue weighted by Gasteiger charge is 2.22. The minimum absolute atomic E-state index is 0.108. The number of rotatable bonds is 6. The average molecular weight is 329 g/mol. The molecule has 8 nitrogen and oxygen atoms in total. The van der Waals surface area contributed by atoms with Gasteiger partial charge in [-0.15, -0.1) is 0 Å². The molecule has 1 heterocycles. The smallest absolute Gasteiger partial charge is 0.326 e. The molecule has 8 heteroatoms. The van der Waals surface area contributed by atoms with Gasteiger partial charge in [-0.1, -0.05) is 0 Å². The van der Waals surface area contributed by atoms with Crippen LogP contribution in [-0.2, 0) is 9.53 Å². The van der Waals surface area contributed by atoms with E-state index in [1.165, 1.54) is 41.6 Å². The molecular formula is C16H15N3O5. The van der Waals surface area contributed by atoms with Gasteiger partial charge < -0.3 is 4.74 Å². The molecule has 0 atom stereocenters.